The predicted octanol–water partition coefficient (Wildman–Crippen LogP) is -4.82. The molecule has 0 aliphatic carbocycles. The SMILES string of the molecule is CC1NNC(=O)C(=O)NNC(C)NNC(=O)C(=O)NN1. The van der Waals surface area contributed by atoms with E-state index in [1.165, 1.54) is 13.8 Å². The van der Waals surface area contributed by atoms with E-state index in [1.54, 1.807) is 0 Å². The molecule has 4 amide bonds. The van der Waals surface area contributed by atoms with Gasteiger partial charge in [-0.2, -0.15) is 0 Å². The van der Waals surface area contributed by atoms with Gasteiger partial charge in [0.1, 0.15) is 0 Å². The van der Waals surface area contributed by atoms with Crippen LogP contribution >= 0.6 is 0 Å². The summed E-state index contributed by atoms with van der Waals surface area (Å²) in [6, 6.07) is 0. The maximum Gasteiger partial charge on any atom is 0.324 e. The number of hydrogen-bond acceptors (Lipinski definition) is 8. The molecule has 1 aliphatic heterocycles. The fraction of sp³-hybridized carbons (Fsp3) is 0.500. The van der Waals surface area contributed by atoms with Gasteiger partial charge in [-0.1, -0.05) is 0 Å². The number of hydrazine groups is 4. The maximum atomic E-state index is 11.3. The first kappa shape index (κ1) is 15.8. The Morgan fingerprint density at radius 3 is 0.950 bits per heavy atom. The first-order valence-corrected chi connectivity index (χ1v) is 5.63. The zero-order chi connectivity index (χ0) is 15.1. The highest BCUT2D eigenvalue weighted by Crippen LogP contribution is 1.75. The van der Waals surface area contributed by atoms with Gasteiger partial charge < -0.3 is 0 Å². The van der Waals surface area contributed by atoms with Gasteiger partial charge in [-0.05, 0) is 13.8 Å². The van der Waals surface area contributed by atoms with E-state index in [-0.39, 0.29) is 0 Å². The minimum Gasteiger partial charge on any atom is -0.282 e. The molecule has 0 aromatic rings. The average molecular weight is 288 g/mol. The van der Waals surface area contributed by atoms with E-state index in [0.29, 0.717) is 0 Å². The Bertz CT molecular complexity index is 339. The van der Waals surface area contributed by atoms with Crippen LogP contribution in [0.3, 0.4) is 0 Å². The number of amides is 4. The first-order valence-electron chi connectivity index (χ1n) is 5.63. The summed E-state index contributed by atoms with van der Waals surface area (Å²) in [6.45, 7) is 3.06. The molecule has 8 N–H and O–H groups in total. The van der Waals surface area contributed by atoms with E-state index in [2.05, 4.69) is 43.4 Å². The number of carbonyl (C=O) groups is 4. The van der Waals surface area contributed by atoms with Gasteiger partial charge in [0.25, 0.3) is 0 Å². The van der Waals surface area contributed by atoms with Crippen LogP contribution in [0, 0.1) is 0 Å². The normalized spacial score (nSPS) is 26.7. The van der Waals surface area contributed by atoms with Crippen LogP contribution in [-0.2, 0) is 19.2 Å². The lowest BCUT2D eigenvalue weighted by Crippen LogP contribution is -2.63. The monoisotopic (exact) mass is 288 g/mol. The second-order valence-corrected chi connectivity index (χ2v) is 3.84. The van der Waals surface area contributed by atoms with E-state index in [1.807, 2.05) is 0 Å². The molecule has 1 saturated heterocycles. The molecular weight excluding hydrogens is 272 g/mol. The van der Waals surface area contributed by atoms with Gasteiger partial charge in [-0.3, -0.25) is 40.9 Å². The van der Waals surface area contributed by atoms with Crippen LogP contribution < -0.4 is 43.4 Å². The van der Waals surface area contributed by atoms with Crippen molar-refractivity contribution in [2.45, 2.75) is 26.2 Å². The summed E-state index contributed by atoms with van der Waals surface area (Å²) in [5, 5.41) is 0. The fourth-order valence-electron chi connectivity index (χ4n) is 0.994. The molecule has 1 aliphatic rings. The van der Waals surface area contributed by atoms with Crippen LogP contribution in [0.5, 0.6) is 0 Å². The minimum atomic E-state index is -0.939. The average Bonchev–Trinajstić information content (AvgIpc) is 2.43. The number of nitrogens with one attached hydrogen (secondary N) is 8. The van der Waals surface area contributed by atoms with Crippen molar-refractivity contribution in [2.75, 3.05) is 0 Å². The van der Waals surface area contributed by atoms with Gasteiger partial charge in [-0.25, -0.2) is 21.7 Å². The fourth-order valence-corrected chi connectivity index (χ4v) is 0.994. The van der Waals surface area contributed by atoms with Crippen LogP contribution in [0.1, 0.15) is 13.8 Å². The summed E-state index contributed by atoms with van der Waals surface area (Å²) >= 11 is 0. The third-order valence-corrected chi connectivity index (χ3v) is 2.02. The smallest absolute Gasteiger partial charge is 0.282 e. The van der Waals surface area contributed by atoms with Crippen molar-refractivity contribution in [2.24, 2.45) is 0 Å². The highest BCUT2D eigenvalue weighted by molar-refractivity contribution is 6.35. The van der Waals surface area contributed by atoms with Gasteiger partial charge in [0.15, 0.2) is 0 Å². The standard InChI is InChI=1S/C8H16N8O4/c1-3-9-13-5(17)7(19)15-11-4(2)12-16-8(20)6(18)14-10-3/h3-4,9-12H,1-2H3,(H,13,17)(H,14,18)(H,15,19)(H,16,20). The Hall–Kier alpha value is -2.28. The van der Waals surface area contributed by atoms with E-state index in [0.717, 1.165) is 0 Å². The Morgan fingerprint density at radius 2 is 0.750 bits per heavy atom. The topological polar surface area (TPSA) is 165 Å². The summed E-state index contributed by atoms with van der Waals surface area (Å²) in [5.41, 5.74) is 18.0. The van der Waals surface area contributed by atoms with E-state index in [4.69, 9.17) is 0 Å². The highest BCUT2D eigenvalue weighted by atomic mass is 16.2. The largest absolute Gasteiger partial charge is 0.324 e. The van der Waals surface area contributed by atoms with E-state index < -0.39 is 36.0 Å². The Morgan fingerprint density at radius 1 is 0.550 bits per heavy atom. The zero-order valence-corrected chi connectivity index (χ0v) is 10.8. The molecule has 12 heteroatoms. The maximum absolute atomic E-state index is 11.3. The molecule has 1 fully saturated rings. The van der Waals surface area contributed by atoms with Gasteiger partial charge in [0.2, 0.25) is 0 Å². The molecule has 0 aromatic carbocycles. The lowest BCUT2D eigenvalue weighted by atomic mass is 10.5. The summed E-state index contributed by atoms with van der Waals surface area (Å²) in [7, 11) is 0. The third kappa shape index (κ3) is 5.15. The van der Waals surface area contributed by atoms with Crippen molar-refractivity contribution >= 4 is 23.6 Å². The minimum absolute atomic E-state index is 0.633. The molecule has 0 unspecified atom stereocenters. The Balaban J connectivity index is 2.64. The van der Waals surface area contributed by atoms with E-state index >= 15 is 0 Å². The number of hydrogen-bond donors (Lipinski definition) is 8. The first-order chi connectivity index (χ1) is 9.40. The Labute approximate surface area is 113 Å². The number of rotatable bonds is 0. The molecule has 0 aromatic heterocycles. The lowest BCUT2D eigenvalue weighted by molar-refractivity contribution is -0.142. The molecule has 0 radical (unpaired) electrons. The van der Waals surface area contributed by atoms with Crippen molar-refractivity contribution < 1.29 is 19.2 Å². The van der Waals surface area contributed by atoms with Crippen LogP contribution in [0.2, 0.25) is 0 Å². The highest BCUT2D eigenvalue weighted by Gasteiger charge is 2.18. The van der Waals surface area contributed by atoms with Gasteiger partial charge in [0, 0.05) is 0 Å². The van der Waals surface area contributed by atoms with Gasteiger partial charge >= 0.3 is 23.6 Å². The molecule has 0 bridgehead atoms. The van der Waals surface area contributed by atoms with Crippen molar-refractivity contribution in [3.8, 4) is 0 Å². The predicted molar refractivity (Wildman–Crippen MR) is 64.0 cm³/mol. The molecule has 1 rings (SSSR count). The molecule has 112 valence electrons. The van der Waals surface area contributed by atoms with Crippen LogP contribution in [0.15, 0.2) is 0 Å². The molecule has 12 nitrogen and oxygen atoms in total. The summed E-state index contributed by atoms with van der Waals surface area (Å²) in [5.74, 6) is -3.76. The summed E-state index contributed by atoms with van der Waals surface area (Å²) in [4.78, 5) is 45.3. The molecule has 20 heavy (non-hydrogen) atoms. The molecule has 1 heterocycles. The second-order valence-electron chi connectivity index (χ2n) is 3.84. The van der Waals surface area contributed by atoms with Crippen LogP contribution in [0.25, 0.3) is 0 Å². The van der Waals surface area contributed by atoms with Gasteiger partial charge in [-0.15, -0.1) is 0 Å². The van der Waals surface area contributed by atoms with Crippen molar-refractivity contribution in [1.29, 1.82) is 0 Å². The molecule has 0 saturated carbocycles. The molecule has 0 atom stereocenters. The number of carbonyl (C=O) groups excluding carboxylic acids is 4. The summed E-state index contributed by atoms with van der Waals surface area (Å²) in [6.07, 6.45) is -1.27. The molecule has 0 spiro atoms. The Kier molecular flexibility index (Phi) is 5.79. The molecular formula is C8H16N8O4. The van der Waals surface area contributed by atoms with E-state index in [9.17, 15) is 19.2 Å². The van der Waals surface area contributed by atoms with Gasteiger partial charge in [0.05, 0.1) is 12.3 Å². The van der Waals surface area contributed by atoms with Crippen molar-refractivity contribution in [3.05, 3.63) is 0 Å². The lowest BCUT2D eigenvalue weighted by Gasteiger charge is -2.20. The second kappa shape index (κ2) is 7.34. The van der Waals surface area contributed by atoms with Crippen LogP contribution in [0.4, 0.5) is 0 Å². The van der Waals surface area contributed by atoms with Crippen LogP contribution in [-0.4, -0.2) is 36.0 Å². The van der Waals surface area contributed by atoms with Crippen molar-refractivity contribution in [3.63, 3.8) is 0 Å². The third-order valence-electron chi connectivity index (χ3n) is 2.02. The zero-order valence-electron chi connectivity index (χ0n) is 10.8. The summed E-state index contributed by atoms with van der Waals surface area (Å²) < 4.78 is 0. The quantitative estimate of drug-likeness (QED) is 0.206. The van der Waals surface area contributed by atoms with Crippen molar-refractivity contribution in [1.82, 2.24) is 43.4 Å².